The van der Waals surface area contributed by atoms with Crippen LogP contribution >= 0.6 is 11.6 Å². The summed E-state index contributed by atoms with van der Waals surface area (Å²) in [7, 11) is 0. The van der Waals surface area contributed by atoms with Gasteiger partial charge in [0, 0.05) is 0 Å². The summed E-state index contributed by atoms with van der Waals surface area (Å²) in [5, 5.41) is -0.622. The first-order chi connectivity index (χ1) is 7.47. The SMILES string of the molecule is CCOC(=O)c1cc(C(F)F)nc(F)c1Cl. The molecule has 1 aromatic heterocycles. The van der Waals surface area contributed by atoms with Crippen molar-refractivity contribution >= 4 is 17.6 Å². The Hall–Kier alpha value is -1.30. The molecule has 16 heavy (non-hydrogen) atoms. The van der Waals surface area contributed by atoms with E-state index in [1.807, 2.05) is 0 Å². The highest BCUT2D eigenvalue weighted by molar-refractivity contribution is 6.33. The van der Waals surface area contributed by atoms with Crippen molar-refractivity contribution in [1.29, 1.82) is 0 Å². The number of halogens is 4. The summed E-state index contributed by atoms with van der Waals surface area (Å²) in [6.45, 7) is 1.56. The monoisotopic (exact) mass is 253 g/mol. The van der Waals surface area contributed by atoms with E-state index in [0.717, 1.165) is 0 Å². The molecule has 0 aliphatic carbocycles. The molecule has 0 fully saturated rings. The zero-order chi connectivity index (χ0) is 12.3. The molecule has 0 aliphatic heterocycles. The fourth-order valence-corrected chi connectivity index (χ4v) is 1.16. The molecule has 0 aromatic carbocycles. The van der Waals surface area contributed by atoms with Gasteiger partial charge in [-0.3, -0.25) is 0 Å². The Morgan fingerprint density at radius 3 is 2.75 bits per heavy atom. The predicted octanol–water partition coefficient (Wildman–Crippen LogP) is 2.99. The second-order valence-electron chi connectivity index (χ2n) is 2.72. The Kier molecular flexibility index (Phi) is 4.12. The first-order valence-electron chi connectivity index (χ1n) is 4.28. The number of carbonyl (C=O) groups excluding carboxylic acids is 1. The van der Waals surface area contributed by atoms with E-state index in [1.54, 1.807) is 0 Å². The van der Waals surface area contributed by atoms with Crippen LogP contribution in [0.3, 0.4) is 0 Å². The lowest BCUT2D eigenvalue weighted by atomic mass is 10.2. The topological polar surface area (TPSA) is 39.2 Å². The number of ether oxygens (including phenoxy) is 1. The molecule has 0 aliphatic rings. The van der Waals surface area contributed by atoms with Crippen LogP contribution in [0, 0.1) is 5.95 Å². The van der Waals surface area contributed by atoms with Crippen molar-refractivity contribution in [3.8, 4) is 0 Å². The van der Waals surface area contributed by atoms with Crippen LogP contribution < -0.4 is 0 Å². The van der Waals surface area contributed by atoms with Gasteiger partial charge >= 0.3 is 5.97 Å². The van der Waals surface area contributed by atoms with Crippen LogP contribution in [0.5, 0.6) is 0 Å². The summed E-state index contributed by atoms with van der Waals surface area (Å²) in [6.07, 6.45) is -2.99. The molecular formula is C9H7ClF3NO2. The summed E-state index contributed by atoms with van der Waals surface area (Å²) >= 11 is 5.42. The lowest BCUT2D eigenvalue weighted by Gasteiger charge is -2.06. The van der Waals surface area contributed by atoms with Gasteiger partial charge in [-0.2, -0.15) is 4.39 Å². The number of carbonyl (C=O) groups is 1. The van der Waals surface area contributed by atoms with Crippen molar-refractivity contribution in [1.82, 2.24) is 4.98 Å². The average molecular weight is 254 g/mol. The lowest BCUT2D eigenvalue weighted by Crippen LogP contribution is -2.09. The quantitative estimate of drug-likeness (QED) is 0.614. The molecule has 0 bridgehead atoms. The van der Waals surface area contributed by atoms with Crippen LogP contribution in [0.4, 0.5) is 13.2 Å². The van der Waals surface area contributed by atoms with Crippen molar-refractivity contribution in [3.05, 3.63) is 28.3 Å². The van der Waals surface area contributed by atoms with Gasteiger partial charge in [0.2, 0.25) is 5.95 Å². The molecule has 0 saturated carbocycles. The minimum atomic E-state index is -2.99. The maximum atomic E-state index is 13.0. The zero-order valence-corrected chi connectivity index (χ0v) is 8.89. The van der Waals surface area contributed by atoms with Gasteiger partial charge < -0.3 is 4.74 Å². The van der Waals surface area contributed by atoms with Crippen molar-refractivity contribution in [3.63, 3.8) is 0 Å². The third-order valence-corrected chi connectivity index (χ3v) is 2.02. The van der Waals surface area contributed by atoms with E-state index in [9.17, 15) is 18.0 Å². The van der Waals surface area contributed by atoms with Gasteiger partial charge in [-0.15, -0.1) is 0 Å². The Labute approximate surface area is 94.2 Å². The van der Waals surface area contributed by atoms with Crippen LogP contribution in [-0.2, 0) is 4.74 Å². The highest BCUT2D eigenvalue weighted by Crippen LogP contribution is 2.25. The van der Waals surface area contributed by atoms with E-state index in [1.165, 1.54) is 6.92 Å². The van der Waals surface area contributed by atoms with Crippen LogP contribution in [0.2, 0.25) is 5.02 Å². The minimum absolute atomic E-state index is 0.0309. The number of esters is 1. The van der Waals surface area contributed by atoms with Crippen LogP contribution in [-0.4, -0.2) is 17.6 Å². The first kappa shape index (κ1) is 12.8. The average Bonchev–Trinajstić information content (AvgIpc) is 2.21. The molecule has 1 rings (SSSR count). The Bertz CT molecular complexity index is 412. The minimum Gasteiger partial charge on any atom is -0.462 e. The first-order valence-corrected chi connectivity index (χ1v) is 4.66. The van der Waals surface area contributed by atoms with Gasteiger partial charge in [-0.25, -0.2) is 18.6 Å². The molecule has 0 N–H and O–H groups in total. The smallest absolute Gasteiger partial charge is 0.339 e. The molecule has 3 nitrogen and oxygen atoms in total. The number of pyridine rings is 1. The summed E-state index contributed by atoms with van der Waals surface area (Å²) in [4.78, 5) is 14.2. The number of rotatable bonds is 3. The highest BCUT2D eigenvalue weighted by Gasteiger charge is 2.21. The van der Waals surface area contributed by atoms with Crippen LogP contribution in [0.15, 0.2) is 6.07 Å². The van der Waals surface area contributed by atoms with E-state index < -0.39 is 34.6 Å². The normalized spacial score (nSPS) is 10.6. The van der Waals surface area contributed by atoms with Crippen LogP contribution in [0.1, 0.15) is 29.4 Å². The molecule has 0 atom stereocenters. The highest BCUT2D eigenvalue weighted by atomic mass is 35.5. The van der Waals surface area contributed by atoms with Crippen LogP contribution in [0.25, 0.3) is 0 Å². The fraction of sp³-hybridized carbons (Fsp3) is 0.333. The maximum Gasteiger partial charge on any atom is 0.339 e. The third kappa shape index (κ3) is 2.63. The van der Waals surface area contributed by atoms with Crippen molar-refractivity contribution in [2.24, 2.45) is 0 Å². The number of aromatic nitrogens is 1. The van der Waals surface area contributed by atoms with Gasteiger partial charge in [0.05, 0.1) is 12.2 Å². The Balaban J connectivity index is 3.21. The molecule has 0 amide bonds. The largest absolute Gasteiger partial charge is 0.462 e. The maximum absolute atomic E-state index is 13.0. The number of hydrogen-bond donors (Lipinski definition) is 0. The van der Waals surface area contributed by atoms with Gasteiger partial charge in [0.25, 0.3) is 6.43 Å². The standard InChI is InChI=1S/C9H7ClF3NO2/c1-2-16-9(15)4-3-5(7(11)12)14-8(13)6(4)10/h3,7H,2H2,1H3. The fourth-order valence-electron chi connectivity index (χ4n) is 0.986. The van der Waals surface area contributed by atoms with Gasteiger partial charge in [0.1, 0.15) is 10.7 Å². The van der Waals surface area contributed by atoms with Crippen molar-refractivity contribution in [2.45, 2.75) is 13.3 Å². The molecule has 0 unspecified atom stereocenters. The second-order valence-corrected chi connectivity index (χ2v) is 3.10. The summed E-state index contributed by atoms with van der Waals surface area (Å²) < 4.78 is 42.1. The molecule has 0 saturated heterocycles. The summed E-state index contributed by atoms with van der Waals surface area (Å²) in [5.74, 6) is -2.28. The molecule has 7 heteroatoms. The Morgan fingerprint density at radius 2 is 2.25 bits per heavy atom. The number of hydrogen-bond acceptors (Lipinski definition) is 3. The van der Waals surface area contributed by atoms with Crippen molar-refractivity contribution in [2.75, 3.05) is 6.61 Å². The molecule has 1 heterocycles. The molecule has 88 valence electrons. The zero-order valence-electron chi connectivity index (χ0n) is 8.14. The molecular weight excluding hydrogens is 247 g/mol. The molecule has 1 aromatic rings. The third-order valence-electron chi connectivity index (χ3n) is 1.66. The van der Waals surface area contributed by atoms with Gasteiger partial charge in [-0.1, -0.05) is 11.6 Å². The summed E-state index contributed by atoms with van der Waals surface area (Å²) in [6, 6.07) is 0.716. The molecule has 0 radical (unpaired) electrons. The second kappa shape index (κ2) is 5.16. The van der Waals surface area contributed by atoms with E-state index in [4.69, 9.17) is 11.6 Å². The number of alkyl halides is 2. The van der Waals surface area contributed by atoms with Gasteiger partial charge in [-0.05, 0) is 13.0 Å². The lowest BCUT2D eigenvalue weighted by molar-refractivity contribution is 0.0525. The van der Waals surface area contributed by atoms with E-state index in [2.05, 4.69) is 9.72 Å². The van der Waals surface area contributed by atoms with E-state index in [-0.39, 0.29) is 6.61 Å². The predicted molar refractivity (Wildman–Crippen MR) is 50.1 cm³/mol. The Morgan fingerprint density at radius 1 is 1.62 bits per heavy atom. The van der Waals surface area contributed by atoms with E-state index >= 15 is 0 Å². The molecule has 0 spiro atoms. The van der Waals surface area contributed by atoms with Gasteiger partial charge in [0.15, 0.2) is 0 Å². The van der Waals surface area contributed by atoms with Crippen molar-refractivity contribution < 1.29 is 22.7 Å². The summed E-state index contributed by atoms with van der Waals surface area (Å²) in [5.41, 5.74) is -1.31. The number of nitrogens with zero attached hydrogens (tertiary/aromatic N) is 1. The van der Waals surface area contributed by atoms with E-state index in [0.29, 0.717) is 6.07 Å².